The second kappa shape index (κ2) is 5.93. The van der Waals surface area contributed by atoms with Crippen LogP contribution in [0.25, 0.3) is 0 Å². The van der Waals surface area contributed by atoms with E-state index in [0.29, 0.717) is 6.54 Å². The second-order valence-electron chi connectivity index (χ2n) is 4.54. The minimum Gasteiger partial charge on any atom is -0.380 e. The predicted octanol–water partition coefficient (Wildman–Crippen LogP) is 5.47. The molecular weight excluding hydrogens is 329 g/mol. The maximum Gasteiger partial charge on any atom is 0.142 e. The van der Waals surface area contributed by atoms with Gasteiger partial charge in [0.1, 0.15) is 5.82 Å². The smallest absolute Gasteiger partial charge is 0.142 e. The first-order valence-electron chi connectivity index (χ1n) is 5.92. The van der Waals surface area contributed by atoms with E-state index in [4.69, 9.17) is 11.6 Å². The van der Waals surface area contributed by atoms with Crippen LogP contribution in [0.15, 0.2) is 34.8 Å². The van der Waals surface area contributed by atoms with E-state index in [2.05, 4.69) is 40.3 Å². The van der Waals surface area contributed by atoms with Crippen LogP contribution in [0.3, 0.4) is 0 Å². The monoisotopic (exact) mass is 341 g/mol. The first-order chi connectivity index (χ1) is 8.97. The van der Waals surface area contributed by atoms with E-state index in [1.165, 1.54) is 11.6 Å². The van der Waals surface area contributed by atoms with Crippen LogP contribution in [-0.4, -0.2) is 0 Å². The molecule has 2 rings (SSSR count). The lowest BCUT2D eigenvalue weighted by Crippen LogP contribution is -2.02. The van der Waals surface area contributed by atoms with Crippen LogP contribution in [-0.2, 0) is 6.54 Å². The first kappa shape index (κ1) is 14.4. The van der Waals surface area contributed by atoms with Gasteiger partial charge >= 0.3 is 0 Å². The molecule has 0 saturated carbocycles. The van der Waals surface area contributed by atoms with Gasteiger partial charge in [-0.15, -0.1) is 0 Å². The van der Waals surface area contributed by atoms with Crippen molar-refractivity contribution in [2.45, 2.75) is 20.4 Å². The SMILES string of the molecule is Cc1cc(C)c(NCc2ccc(Cl)c(F)c2)c(Br)c1. The zero-order chi connectivity index (χ0) is 14.0. The van der Waals surface area contributed by atoms with Crippen molar-refractivity contribution in [3.05, 3.63) is 62.3 Å². The molecule has 0 atom stereocenters. The molecule has 0 amide bonds. The molecule has 4 heteroatoms. The standard InChI is InChI=1S/C15H14BrClFN/c1-9-5-10(2)15(12(16)6-9)19-8-11-3-4-13(17)14(18)7-11/h3-7,19H,8H2,1-2H3. The lowest BCUT2D eigenvalue weighted by atomic mass is 10.1. The highest BCUT2D eigenvalue weighted by molar-refractivity contribution is 9.10. The van der Waals surface area contributed by atoms with E-state index >= 15 is 0 Å². The van der Waals surface area contributed by atoms with E-state index in [1.54, 1.807) is 6.07 Å². The summed E-state index contributed by atoms with van der Waals surface area (Å²) in [5.74, 6) is -0.388. The third-order valence-corrected chi connectivity index (χ3v) is 3.82. The minimum absolute atomic E-state index is 0.149. The first-order valence-corrected chi connectivity index (χ1v) is 7.09. The van der Waals surface area contributed by atoms with Gasteiger partial charge in [0.2, 0.25) is 0 Å². The fraction of sp³-hybridized carbons (Fsp3) is 0.200. The molecule has 19 heavy (non-hydrogen) atoms. The Balaban J connectivity index is 2.16. The number of anilines is 1. The average Bonchev–Trinajstić information content (AvgIpc) is 2.32. The van der Waals surface area contributed by atoms with Crippen molar-refractivity contribution < 1.29 is 4.39 Å². The number of halogens is 3. The van der Waals surface area contributed by atoms with Crippen molar-refractivity contribution in [2.75, 3.05) is 5.32 Å². The molecule has 0 unspecified atom stereocenters. The van der Waals surface area contributed by atoms with Gasteiger partial charge in [-0.05, 0) is 64.7 Å². The Kier molecular flexibility index (Phi) is 4.48. The summed E-state index contributed by atoms with van der Waals surface area (Å²) in [5.41, 5.74) is 4.24. The van der Waals surface area contributed by atoms with Crippen molar-refractivity contribution in [3.63, 3.8) is 0 Å². The molecule has 0 aliphatic heterocycles. The van der Waals surface area contributed by atoms with E-state index in [9.17, 15) is 4.39 Å². The van der Waals surface area contributed by atoms with E-state index in [-0.39, 0.29) is 10.8 Å². The van der Waals surface area contributed by atoms with Gasteiger partial charge < -0.3 is 5.32 Å². The van der Waals surface area contributed by atoms with Crippen molar-refractivity contribution in [1.29, 1.82) is 0 Å². The highest BCUT2D eigenvalue weighted by Crippen LogP contribution is 2.28. The Morgan fingerprint density at radius 3 is 2.58 bits per heavy atom. The van der Waals surface area contributed by atoms with Crippen LogP contribution in [0.4, 0.5) is 10.1 Å². The minimum atomic E-state index is -0.388. The molecule has 0 radical (unpaired) electrons. The second-order valence-corrected chi connectivity index (χ2v) is 5.80. The molecule has 0 spiro atoms. The summed E-state index contributed by atoms with van der Waals surface area (Å²) < 4.78 is 14.4. The van der Waals surface area contributed by atoms with Gasteiger partial charge in [0.25, 0.3) is 0 Å². The number of benzene rings is 2. The van der Waals surface area contributed by atoms with Gasteiger partial charge in [0, 0.05) is 11.0 Å². The summed E-state index contributed by atoms with van der Waals surface area (Å²) in [6.07, 6.45) is 0. The molecule has 0 aliphatic rings. The van der Waals surface area contributed by atoms with Crippen molar-refractivity contribution in [2.24, 2.45) is 0 Å². The molecule has 0 aromatic heterocycles. The van der Waals surface area contributed by atoms with Crippen LogP contribution in [0.1, 0.15) is 16.7 Å². The van der Waals surface area contributed by atoms with Crippen LogP contribution < -0.4 is 5.32 Å². The molecule has 2 aromatic rings. The van der Waals surface area contributed by atoms with Gasteiger partial charge in [-0.3, -0.25) is 0 Å². The quantitative estimate of drug-likeness (QED) is 0.780. The Morgan fingerprint density at radius 2 is 1.95 bits per heavy atom. The molecule has 1 N–H and O–H groups in total. The zero-order valence-electron chi connectivity index (χ0n) is 10.7. The number of rotatable bonds is 3. The fourth-order valence-corrected chi connectivity index (χ4v) is 2.91. The maximum atomic E-state index is 13.3. The molecule has 0 aliphatic carbocycles. The highest BCUT2D eigenvalue weighted by atomic mass is 79.9. The van der Waals surface area contributed by atoms with E-state index in [0.717, 1.165) is 21.3 Å². The van der Waals surface area contributed by atoms with E-state index < -0.39 is 0 Å². The number of aryl methyl sites for hydroxylation is 2. The molecular formula is C15H14BrClFN. The van der Waals surface area contributed by atoms with Gasteiger partial charge in [0.05, 0.1) is 10.7 Å². The lowest BCUT2D eigenvalue weighted by Gasteiger charge is -2.13. The van der Waals surface area contributed by atoms with Crippen molar-refractivity contribution >= 4 is 33.2 Å². The number of hydrogen-bond donors (Lipinski definition) is 1. The largest absolute Gasteiger partial charge is 0.380 e. The van der Waals surface area contributed by atoms with Gasteiger partial charge in [-0.1, -0.05) is 23.7 Å². The van der Waals surface area contributed by atoms with Crippen molar-refractivity contribution in [1.82, 2.24) is 0 Å². The summed E-state index contributed by atoms with van der Waals surface area (Å²) in [6.45, 7) is 4.65. The fourth-order valence-electron chi connectivity index (χ4n) is 1.98. The topological polar surface area (TPSA) is 12.0 Å². The average molecular weight is 343 g/mol. The van der Waals surface area contributed by atoms with Gasteiger partial charge in [0.15, 0.2) is 0 Å². The summed E-state index contributed by atoms with van der Waals surface area (Å²) in [4.78, 5) is 0. The third kappa shape index (κ3) is 3.48. The van der Waals surface area contributed by atoms with Crippen LogP contribution in [0.2, 0.25) is 5.02 Å². The molecule has 0 saturated heterocycles. The highest BCUT2D eigenvalue weighted by Gasteiger charge is 2.06. The van der Waals surface area contributed by atoms with Crippen molar-refractivity contribution in [3.8, 4) is 0 Å². The molecule has 0 bridgehead atoms. The number of hydrogen-bond acceptors (Lipinski definition) is 1. The number of nitrogens with one attached hydrogen (secondary N) is 1. The Labute approximate surface area is 125 Å². The molecule has 0 fully saturated rings. The summed E-state index contributed by atoms with van der Waals surface area (Å²) in [5, 5.41) is 3.46. The third-order valence-electron chi connectivity index (χ3n) is 2.89. The summed E-state index contributed by atoms with van der Waals surface area (Å²) >= 11 is 9.20. The Bertz CT molecular complexity index is 590. The molecule has 1 nitrogen and oxygen atoms in total. The summed E-state index contributed by atoms with van der Waals surface area (Å²) in [7, 11) is 0. The maximum absolute atomic E-state index is 13.3. The Hall–Kier alpha value is -1.06. The van der Waals surface area contributed by atoms with Gasteiger partial charge in [-0.2, -0.15) is 0 Å². The Morgan fingerprint density at radius 1 is 1.21 bits per heavy atom. The van der Waals surface area contributed by atoms with Crippen LogP contribution in [0, 0.1) is 19.7 Å². The summed E-state index contributed by atoms with van der Waals surface area (Å²) in [6, 6.07) is 9.00. The predicted molar refractivity (Wildman–Crippen MR) is 82.4 cm³/mol. The van der Waals surface area contributed by atoms with Crippen LogP contribution in [0.5, 0.6) is 0 Å². The normalized spacial score (nSPS) is 10.6. The molecule has 100 valence electrons. The van der Waals surface area contributed by atoms with Gasteiger partial charge in [-0.25, -0.2) is 4.39 Å². The molecule has 2 aromatic carbocycles. The van der Waals surface area contributed by atoms with Crippen LogP contribution >= 0.6 is 27.5 Å². The zero-order valence-corrected chi connectivity index (χ0v) is 13.1. The molecule has 0 heterocycles. The van der Waals surface area contributed by atoms with E-state index in [1.807, 2.05) is 13.0 Å². The lowest BCUT2D eigenvalue weighted by molar-refractivity contribution is 0.626.